The third-order valence-corrected chi connectivity index (χ3v) is 4.97. The summed E-state index contributed by atoms with van der Waals surface area (Å²) in [6, 6.07) is 9.13. The molecule has 1 fully saturated rings. The lowest BCUT2D eigenvalue weighted by atomic mass is 9.89. The summed E-state index contributed by atoms with van der Waals surface area (Å²) in [7, 11) is 1.83. The molecule has 25 heavy (non-hydrogen) atoms. The maximum Gasteiger partial charge on any atom is 0.191 e. The molecule has 1 aliphatic rings. The van der Waals surface area contributed by atoms with Crippen LogP contribution in [0.15, 0.2) is 29.3 Å². The first-order chi connectivity index (χ1) is 11.5. The van der Waals surface area contributed by atoms with Gasteiger partial charge in [0.2, 0.25) is 0 Å². The van der Waals surface area contributed by atoms with Crippen LogP contribution in [0.1, 0.15) is 50.8 Å². The van der Waals surface area contributed by atoms with E-state index in [-0.39, 0.29) is 30.1 Å². The van der Waals surface area contributed by atoms with Crippen LogP contribution in [0.5, 0.6) is 0 Å². The molecule has 1 saturated heterocycles. The first-order valence-electron chi connectivity index (χ1n) is 9.16. The van der Waals surface area contributed by atoms with Crippen molar-refractivity contribution >= 4 is 29.9 Å². The van der Waals surface area contributed by atoms with Crippen molar-refractivity contribution in [2.45, 2.75) is 52.7 Å². The van der Waals surface area contributed by atoms with E-state index in [0.717, 1.165) is 25.5 Å². The van der Waals surface area contributed by atoms with Crippen molar-refractivity contribution in [3.05, 3.63) is 35.4 Å². The molecule has 1 aliphatic heterocycles. The molecule has 2 rings (SSSR count). The molecular weight excluding hydrogens is 425 g/mol. The molecule has 1 aromatic carbocycles. The molecule has 0 aromatic heterocycles. The highest BCUT2D eigenvalue weighted by Gasteiger charge is 2.27. The van der Waals surface area contributed by atoms with Crippen LogP contribution in [0.25, 0.3) is 0 Å². The average Bonchev–Trinajstić information content (AvgIpc) is 2.59. The predicted octanol–water partition coefficient (Wildman–Crippen LogP) is 4.29. The summed E-state index contributed by atoms with van der Waals surface area (Å²) in [5, 5.41) is 6.96. The number of nitrogens with zero attached hydrogens (tertiary/aromatic N) is 1. The van der Waals surface area contributed by atoms with Gasteiger partial charge < -0.3 is 15.4 Å². The smallest absolute Gasteiger partial charge is 0.191 e. The summed E-state index contributed by atoms with van der Waals surface area (Å²) in [6.07, 6.45) is 2.48. The Morgan fingerprint density at radius 3 is 2.52 bits per heavy atom. The topological polar surface area (TPSA) is 45.7 Å². The Balaban J connectivity index is 0.00000312. The van der Waals surface area contributed by atoms with E-state index in [0.29, 0.717) is 17.9 Å². The monoisotopic (exact) mass is 459 g/mol. The van der Waals surface area contributed by atoms with Crippen molar-refractivity contribution in [3.8, 4) is 0 Å². The van der Waals surface area contributed by atoms with Crippen LogP contribution < -0.4 is 10.6 Å². The lowest BCUT2D eigenvalue weighted by molar-refractivity contribution is -0.0265. The van der Waals surface area contributed by atoms with Crippen molar-refractivity contribution in [2.75, 3.05) is 20.2 Å². The van der Waals surface area contributed by atoms with Crippen LogP contribution in [0.3, 0.4) is 0 Å². The lowest BCUT2D eigenvalue weighted by Gasteiger charge is -2.33. The molecule has 5 heteroatoms. The molecule has 0 aliphatic carbocycles. The summed E-state index contributed by atoms with van der Waals surface area (Å²) in [4.78, 5) is 4.36. The van der Waals surface area contributed by atoms with Crippen LogP contribution in [0, 0.1) is 18.8 Å². The van der Waals surface area contributed by atoms with E-state index in [4.69, 9.17) is 4.74 Å². The number of nitrogens with one attached hydrogen (secondary N) is 2. The second-order valence-corrected chi connectivity index (χ2v) is 7.23. The summed E-state index contributed by atoms with van der Waals surface area (Å²) in [6.45, 7) is 10.5. The molecule has 3 atom stereocenters. The van der Waals surface area contributed by atoms with Crippen LogP contribution in [0.4, 0.5) is 0 Å². The molecule has 3 unspecified atom stereocenters. The Morgan fingerprint density at radius 1 is 1.24 bits per heavy atom. The van der Waals surface area contributed by atoms with Gasteiger partial charge in [0.1, 0.15) is 0 Å². The second kappa shape index (κ2) is 11.0. The minimum atomic E-state index is 0. The highest BCUT2D eigenvalue weighted by molar-refractivity contribution is 14.0. The van der Waals surface area contributed by atoms with Crippen LogP contribution in [-0.2, 0) is 4.74 Å². The Hall–Kier alpha value is -0.820. The van der Waals surface area contributed by atoms with Crippen molar-refractivity contribution in [1.82, 2.24) is 10.6 Å². The van der Waals surface area contributed by atoms with Crippen LogP contribution in [-0.4, -0.2) is 32.2 Å². The average molecular weight is 459 g/mol. The Labute approximate surface area is 170 Å². The van der Waals surface area contributed by atoms with Gasteiger partial charge in [-0.1, -0.05) is 43.7 Å². The Bertz CT molecular complexity index is 530. The molecule has 0 spiro atoms. The summed E-state index contributed by atoms with van der Waals surface area (Å²) < 4.78 is 6.10. The minimum Gasteiger partial charge on any atom is -0.373 e. The van der Waals surface area contributed by atoms with Gasteiger partial charge in [0.05, 0.1) is 6.10 Å². The first kappa shape index (κ1) is 22.2. The molecular formula is C20H34IN3O. The number of hydrogen-bond acceptors (Lipinski definition) is 2. The van der Waals surface area contributed by atoms with E-state index in [2.05, 4.69) is 67.6 Å². The zero-order chi connectivity index (χ0) is 17.5. The first-order valence-corrected chi connectivity index (χ1v) is 9.16. The quantitative estimate of drug-likeness (QED) is 0.392. The van der Waals surface area contributed by atoms with Gasteiger partial charge in [0.15, 0.2) is 5.96 Å². The zero-order valence-corrected chi connectivity index (χ0v) is 18.5. The maximum atomic E-state index is 6.10. The van der Waals surface area contributed by atoms with Gasteiger partial charge in [-0.05, 0) is 38.2 Å². The number of hydrogen-bond donors (Lipinski definition) is 2. The fraction of sp³-hybridized carbons (Fsp3) is 0.650. The predicted molar refractivity (Wildman–Crippen MR) is 117 cm³/mol. The van der Waals surface area contributed by atoms with Crippen molar-refractivity contribution in [1.29, 1.82) is 0 Å². The van der Waals surface area contributed by atoms with Crippen LogP contribution in [0.2, 0.25) is 0 Å². The Kier molecular flexibility index (Phi) is 9.79. The molecule has 2 N–H and O–H groups in total. The fourth-order valence-electron chi connectivity index (χ4n) is 2.98. The number of rotatable bonds is 5. The number of aryl methyl sites for hydroxylation is 1. The SMILES string of the molecule is CN=C(NCC1CCCOC1c1ccc(C)cc1)NC(C)C(C)C.I. The van der Waals surface area contributed by atoms with Gasteiger partial charge in [-0.15, -0.1) is 24.0 Å². The van der Waals surface area contributed by atoms with E-state index in [1.54, 1.807) is 0 Å². The number of halogens is 1. The molecule has 142 valence electrons. The van der Waals surface area contributed by atoms with Gasteiger partial charge in [-0.25, -0.2) is 0 Å². The molecule has 0 bridgehead atoms. The molecule has 1 heterocycles. The molecule has 1 aromatic rings. The van der Waals surface area contributed by atoms with Gasteiger partial charge in [-0.3, -0.25) is 4.99 Å². The van der Waals surface area contributed by atoms with Crippen molar-refractivity contribution < 1.29 is 4.74 Å². The van der Waals surface area contributed by atoms with Crippen molar-refractivity contribution in [2.24, 2.45) is 16.8 Å². The molecule has 4 nitrogen and oxygen atoms in total. The van der Waals surface area contributed by atoms with Crippen molar-refractivity contribution in [3.63, 3.8) is 0 Å². The summed E-state index contributed by atoms with van der Waals surface area (Å²) in [5.74, 6) is 1.92. The Morgan fingerprint density at radius 2 is 1.92 bits per heavy atom. The second-order valence-electron chi connectivity index (χ2n) is 7.23. The van der Waals surface area contributed by atoms with Gasteiger partial charge in [-0.2, -0.15) is 0 Å². The largest absolute Gasteiger partial charge is 0.373 e. The van der Waals surface area contributed by atoms with E-state index < -0.39 is 0 Å². The normalized spacial score (nSPS) is 22.2. The highest BCUT2D eigenvalue weighted by Crippen LogP contribution is 2.33. The molecule has 0 amide bonds. The minimum absolute atomic E-state index is 0. The van der Waals surface area contributed by atoms with Crippen LogP contribution >= 0.6 is 24.0 Å². The van der Waals surface area contributed by atoms with Gasteiger partial charge in [0, 0.05) is 32.2 Å². The molecule has 0 radical (unpaired) electrons. The standard InChI is InChI=1S/C20H33N3O.HI/c1-14(2)16(4)23-20(21-5)22-13-18-7-6-12-24-19(18)17-10-8-15(3)9-11-17;/h8-11,14,16,18-19H,6-7,12-13H2,1-5H3,(H2,21,22,23);1H. The molecule has 0 saturated carbocycles. The summed E-state index contributed by atoms with van der Waals surface area (Å²) >= 11 is 0. The van der Waals surface area contributed by atoms with E-state index in [9.17, 15) is 0 Å². The highest BCUT2D eigenvalue weighted by atomic mass is 127. The number of benzene rings is 1. The van der Waals surface area contributed by atoms with E-state index in [1.165, 1.54) is 17.5 Å². The van der Waals surface area contributed by atoms with Gasteiger partial charge in [0.25, 0.3) is 0 Å². The fourth-order valence-corrected chi connectivity index (χ4v) is 2.98. The van der Waals surface area contributed by atoms with Gasteiger partial charge >= 0.3 is 0 Å². The maximum absolute atomic E-state index is 6.10. The van der Waals surface area contributed by atoms with E-state index in [1.807, 2.05) is 7.05 Å². The number of aliphatic imine (C=N–C) groups is 1. The zero-order valence-electron chi connectivity index (χ0n) is 16.2. The van der Waals surface area contributed by atoms with E-state index >= 15 is 0 Å². The number of ether oxygens (including phenoxy) is 1. The third-order valence-electron chi connectivity index (χ3n) is 4.97. The third kappa shape index (κ3) is 6.77. The number of guanidine groups is 1. The lowest BCUT2D eigenvalue weighted by Crippen LogP contribution is -2.46. The summed E-state index contributed by atoms with van der Waals surface area (Å²) in [5.41, 5.74) is 2.57.